The van der Waals surface area contributed by atoms with Crippen LogP contribution in [-0.2, 0) is 0 Å². The van der Waals surface area contributed by atoms with Crippen molar-refractivity contribution in [1.82, 2.24) is 0 Å². The summed E-state index contributed by atoms with van der Waals surface area (Å²) in [4.78, 5) is 1.18. The third-order valence-electron chi connectivity index (χ3n) is 2.08. The molecule has 1 atom stereocenters. The summed E-state index contributed by atoms with van der Waals surface area (Å²) < 4.78 is 14.9. The summed E-state index contributed by atoms with van der Waals surface area (Å²) in [5.74, 6) is -0.238. The van der Waals surface area contributed by atoms with Gasteiger partial charge in [0.2, 0.25) is 0 Å². The van der Waals surface area contributed by atoms with E-state index in [2.05, 4.69) is 47.8 Å². The van der Waals surface area contributed by atoms with E-state index in [4.69, 9.17) is 0 Å². The Morgan fingerprint density at radius 3 is 2.44 bits per heavy atom. The van der Waals surface area contributed by atoms with E-state index in [1.165, 1.54) is 6.07 Å². The maximum atomic E-state index is 13.4. The van der Waals surface area contributed by atoms with Crippen molar-refractivity contribution in [2.75, 3.05) is 0 Å². The monoisotopic (exact) mass is 426 g/mol. The average molecular weight is 429 g/mol. The summed E-state index contributed by atoms with van der Waals surface area (Å²) in [5.41, 5.74) is 0.912. The van der Waals surface area contributed by atoms with E-state index in [1.54, 1.807) is 17.4 Å². The number of halogens is 4. The van der Waals surface area contributed by atoms with Crippen molar-refractivity contribution < 1.29 is 4.39 Å². The van der Waals surface area contributed by atoms with Gasteiger partial charge in [-0.3, -0.25) is 0 Å². The zero-order chi connectivity index (χ0) is 11.7. The zero-order valence-electron chi connectivity index (χ0n) is 7.88. The molecule has 0 N–H and O–H groups in total. The van der Waals surface area contributed by atoms with E-state index in [0.29, 0.717) is 4.47 Å². The quantitative estimate of drug-likeness (QED) is 0.522. The number of hydrogen-bond donors (Lipinski definition) is 0. The predicted molar refractivity (Wildman–Crippen MR) is 76.9 cm³/mol. The first-order chi connectivity index (χ1) is 7.58. The molecule has 84 valence electrons. The first-order valence-corrected chi connectivity index (χ1v) is 7.74. The van der Waals surface area contributed by atoms with E-state index >= 15 is 0 Å². The minimum Gasteiger partial charge on any atom is -0.206 e. The second-order valence-corrected chi connectivity index (χ2v) is 7.44. The van der Waals surface area contributed by atoms with Crippen LogP contribution in [-0.4, -0.2) is 0 Å². The molecule has 2 rings (SSSR count). The summed E-state index contributed by atoms with van der Waals surface area (Å²) in [5, 5.41) is 0. The van der Waals surface area contributed by atoms with Gasteiger partial charge in [0.05, 0.1) is 13.1 Å². The molecule has 0 saturated carbocycles. The molecule has 0 radical (unpaired) electrons. The van der Waals surface area contributed by atoms with Crippen molar-refractivity contribution in [2.45, 2.75) is 4.83 Å². The van der Waals surface area contributed by atoms with E-state index in [-0.39, 0.29) is 10.6 Å². The molecule has 0 nitrogen and oxygen atoms in total. The average Bonchev–Trinajstić information content (AvgIpc) is 2.68. The van der Waals surface area contributed by atoms with Gasteiger partial charge < -0.3 is 0 Å². The Morgan fingerprint density at radius 1 is 1.12 bits per heavy atom. The molecule has 5 heteroatoms. The summed E-state index contributed by atoms with van der Waals surface area (Å²) in [6.45, 7) is 0. The molecular formula is C11H6Br3FS. The van der Waals surface area contributed by atoms with Gasteiger partial charge in [0.25, 0.3) is 0 Å². The zero-order valence-corrected chi connectivity index (χ0v) is 13.5. The topological polar surface area (TPSA) is 0 Å². The van der Waals surface area contributed by atoms with Crippen molar-refractivity contribution in [3.05, 3.63) is 54.8 Å². The van der Waals surface area contributed by atoms with Gasteiger partial charge in [0.1, 0.15) is 5.82 Å². The smallest absolute Gasteiger partial charge is 0.137 e. The Kier molecular flexibility index (Phi) is 4.21. The Labute approximate surface area is 122 Å². The van der Waals surface area contributed by atoms with Crippen LogP contribution in [0, 0.1) is 5.82 Å². The van der Waals surface area contributed by atoms with Gasteiger partial charge in [-0.25, -0.2) is 4.39 Å². The van der Waals surface area contributed by atoms with Crippen LogP contribution >= 0.6 is 59.1 Å². The molecule has 0 saturated heterocycles. The van der Waals surface area contributed by atoms with Crippen molar-refractivity contribution in [1.29, 1.82) is 0 Å². The molecule has 2 aromatic rings. The fraction of sp³-hybridized carbons (Fsp3) is 0.0909. The van der Waals surface area contributed by atoms with Crippen molar-refractivity contribution in [3.63, 3.8) is 0 Å². The fourth-order valence-electron chi connectivity index (χ4n) is 1.30. The largest absolute Gasteiger partial charge is 0.206 e. The lowest BCUT2D eigenvalue weighted by molar-refractivity contribution is 0.619. The van der Waals surface area contributed by atoms with Gasteiger partial charge in [0.15, 0.2) is 0 Å². The van der Waals surface area contributed by atoms with Crippen LogP contribution in [0.4, 0.5) is 4.39 Å². The Morgan fingerprint density at radius 2 is 1.88 bits per heavy atom. The highest BCUT2D eigenvalue weighted by Crippen LogP contribution is 2.37. The Bertz CT molecular complexity index is 510. The standard InChI is InChI=1S/C11H6Br3FS/c12-7-2-1-6(5-8(7)15)11(14)9-3-4-10(13)16-9/h1-5,11H. The molecule has 0 fully saturated rings. The molecule has 0 aliphatic carbocycles. The molecule has 1 aromatic heterocycles. The number of benzene rings is 1. The van der Waals surface area contributed by atoms with Gasteiger partial charge in [-0.05, 0) is 61.7 Å². The first kappa shape index (κ1) is 12.7. The van der Waals surface area contributed by atoms with Crippen LogP contribution in [0.25, 0.3) is 0 Å². The minimum atomic E-state index is -0.238. The summed E-state index contributed by atoms with van der Waals surface area (Å²) in [6.07, 6.45) is 0. The van der Waals surface area contributed by atoms with E-state index in [1.807, 2.05) is 18.2 Å². The van der Waals surface area contributed by atoms with E-state index in [9.17, 15) is 4.39 Å². The highest BCUT2D eigenvalue weighted by atomic mass is 79.9. The molecule has 0 spiro atoms. The SMILES string of the molecule is Fc1cc(C(Br)c2ccc(Br)s2)ccc1Br. The highest BCUT2D eigenvalue weighted by molar-refractivity contribution is 9.11. The first-order valence-electron chi connectivity index (χ1n) is 4.42. The van der Waals surface area contributed by atoms with Gasteiger partial charge in [-0.1, -0.05) is 22.0 Å². The fourth-order valence-corrected chi connectivity index (χ4v) is 3.69. The summed E-state index contributed by atoms with van der Waals surface area (Å²) in [6, 6.07) is 9.18. The lowest BCUT2D eigenvalue weighted by atomic mass is 10.1. The highest BCUT2D eigenvalue weighted by Gasteiger charge is 2.14. The lowest BCUT2D eigenvalue weighted by Crippen LogP contribution is -1.91. The van der Waals surface area contributed by atoms with Crippen LogP contribution in [0.2, 0.25) is 0 Å². The van der Waals surface area contributed by atoms with Crippen LogP contribution < -0.4 is 0 Å². The molecule has 1 unspecified atom stereocenters. The predicted octanol–water partition coefficient (Wildman–Crippen LogP) is 5.90. The second kappa shape index (κ2) is 5.29. The van der Waals surface area contributed by atoms with Crippen molar-refractivity contribution in [3.8, 4) is 0 Å². The molecule has 16 heavy (non-hydrogen) atoms. The van der Waals surface area contributed by atoms with Gasteiger partial charge in [-0.15, -0.1) is 11.3 Å². The molecule has 1 aromatic carbocycles. The molecule has 0 aliphatic rings. The molecular weight excluding hydrogens is 423 g/mol. The van der Waals surface area contributed by atoms with Gasteiger partial charge >= 0.3 is 0 Å². The summed E-state index contributed by atoms with van der Waals surface area (Å²) >= 11 is 11.8. The van der Waals surface area contributed by atoms with Crippen LogP contribution in [0.3, 0.4) is 0 Å². The Balaban J connectivity index is 2.33. The van der Waals surface area contributed by atoms with E-state index < -0.39 is 0 Å². The van der Waals surface area contributed by atoms with Crippen LogP contribution in [0.15, 0.2) is 38.6 Å². The molecule has 0 amide bonds. The maximum absolute atomic E-state index is 13.4. The number of alkyl halides is 1. The molecule has 0 bridgehead atoms. The molecule has 0 aliphatic heterocycles. The van der Waals surface area contributed by atoms with Crippen molar-refractivity contribution in [2.24, 2.45) is 0 Å². The Hall–Kier alpha value is 0.290. The number of rotatable bonds is 2. The van der Waals surface area contributed by atoms with Crippen LogP contribution in [0.1, 0.15) is 15.3 Å². The van der Waals surface area contributed by atoms with Crippen molar-refractivity contribution >= 4 is 59.1 Å². The maximum Gasteiger partial charge on any atom is 0.137 e. The number of hydrogen-bond acceptors (Lipinski definition) is 1. The number of thiophene rings is 1. The van der Waals surface area contributed by atoms with Gasteiger partial charge in [0, 0.05) is 4.88 Å². The van der Waals surface area contributed by atoms with Crippen LogP contribution in [0.5, 0.6) is 0 Å². The molecule has 1 heterocycles. The third kappa shape index (κ3) is 2.75. The van der Waals surface area contributed by atoms with E-state index in [0.717, 1.165) is 14.2 Å². The minimum absolute atomic E-state index is 0.0337. The normalized spacial score (nSPS) is 12.8. The van der Waals surface area contributed by atoms with Gasteiger partial charge in [-0.2, -0.15) is 0 Å². The lowest BCUT2D eigenvalue weighted by Gasteiger charge is -2.08. The third-order valence-corrected chi connectivity index (χ3v) is 5.74. The summed E-state index contributed by atoms with van der Waals surface area (Å²) in [7, 11) is 0. The second-order valence-electron chi connectivity index (χ2n) is 3.18.